The van der Waals surface area contributed by atoms with Crippen LogP contribution in [0.1, 0.15) is 49.1 Å². The van der Waals surface area contributed by atoms with E-state index in [4.69, 9.17) is 0 Å². The van der Waals surface area contributed by atoms with Gasteiger partial charge >= 0.3 is 0 Å². The first-order valence-corrected chi connectivity index (χ1v) is 8.50. The molecule has 108 valence electrons. The average Bonchev–Trinajstić information content (AvgIpc) is 2.32. The summed E-state index contributed by atoms with van der Waals surface area (Å²) in [6.45, 7) is 14.4. The minimum absolute atomic E-state index is 0.480. The molecule has 0 heterocycles. The van der Waals surface area contributed by atoms with Crippen LogP contribution in [0.3, 0.4) is 0 Å². The molecule has 1 rings (SSSR count). The molecule has 0 saturated heterocycles. The summed E-state index contributed by atoms with van der Waals surface area (Å²) in [6.07, 6.45) is 0. The molecular formula is C17H29NS. The lowest BCUT2D eigenvalue weighted by Crippen LogP contribution is -2.24. The monoisotopic (exact) mass is 279 g/mol. The van der Waals surface area contributed by atoms with Gasteiger partial charge in [0, 0.05) is 11.8 Å². The molecule has 0 bridgehead atoms. The number of hydrogen-bond acceptors (Lipinski definition) is 2. The molecule has 0 saturated carbocycles. The predicted octanol–water partition coefficient (Wildman–Crippen LogP) is 4.65. The van der Waals surface area contributed by atoms with Crippen LogP contribution in [0, 0.1) is 26.7 Å². The van der Waals surface area contributed by atoms with Crippen LogP contribution < -0.4 is 5.32 Å². The van der Waals surface area contributed by atoms with Gasteiger partial charge in [0.1, 0.15) is 0 Å². The van der Waals surface area contributed by atoms with Gasteiger partial charge in [-0.05, 0) is 61.2 Å². The number of hydrogen-bond donors (Lipinski definition) is 1. The fraction of sp³-hybridized carbons (Fsp3) is 0.647. The van der Waals surface area contributed by atoms with E-state index in [1.165, 1.54) is 28.0 Å². The molecule has 0 radical (unpaired) electrons. The fourth-order valence-electron chi connectivity index (χ4n) is 2.28. The molecule has 2 heteroatoms. The highest BCUT2D eigenvalue weighted by molar-refractivity contribution is 7.99. The number of aryl methyl sites for hydroxylation is 3. The highest BCUT2D eigenvalue weighted by atomic mass is 32.2. The topological polar surface area (TPSA) is 12.0 Å². The van der Waals surface area contributed by atoms with Crippen LogP contribution in [0.4, 0.5) is 0 Å². The van der Waals surface area contributed by atoms with Crippen molar-refractivity contribution in [1.82, 2.24) is 5.32 Å². The van der Waals surface area contributed by atoms with Crippen molar-refractivity contribution in [3.63, 3.8) is 0 Å². The second-order valence-corrected chi connectivity index (χ2v) is 6.91. The molecule has 0 aromatic heterocycles. The molecule has 0 aliphatic heterocycles. The van der Waals surface area contributed by atoms with Gasteiger partial charge in [0.2, 0.25) is 0 Å². The summed E-state index contributed by atoms with van der Waals surface area (Å²) >= 11 is 2.06. The zero-order valence-electron chi connectivity index (χ0n) is 13.3. The van der Waals surface area contributed by atoms with Crippen LogP contribution >= 0.6 is 11.8 Å². The third-order valence-electron chi connectivity index (χ3n) is 3.44. The van der Waals surface area contributed by atoms with Crippen molar-refractivity contribution in [1.29, 1.82) is 0 Å². The maximum absolute atomic E-state index is 3.64. The van der Waals surface area contributed by atoms with Crippen LogP contribution in [-0.4, -0.2) is 18.1 Å². The van der Waals surface area contributed by atoms with E-state index in [0.29, 0.717) is 6.04 Å². The summed E-state index contributed by atoms with van der Waals surface area (Å²) in [5.41, 5.74) is 5.68. The van der Waals surface area contributed by atoms with Crippen molar-refractivity contribution in [3.8, 4) is 0 Å². The molecule has 0 aliphatic rings. The first-order chi connectivity index (χ1) is 8.95. The second kappa shape index (κ2) is 7.96. The quantitative estimate of drug-likeness (QED) is 0.779. The summed E-state index contributed by atoms with van der Waals surface area (Å²) in [6, 6.07) is 5.17. The standard InChI is InChI=1S/C17H29NS/c1-7-18-17(11-19-10-12(2)3)16-9-14(5)13(4)8-15(16)6/h8-9,12,17-18H,7,10-11H2,1-6H3. The Bertz CT molecular complexity index is 398. The summed E-state index contributed by atoms with van der Waals surface area (Å²) < 4.78 is 0. The van der Waals surface area contributed by atoms with E-state index in [1.54, 1.807) is 0 Å². The minimum Gasteiger partial charge on any atom is -0.310 e. The Balaban J connectivity index is 2.83. The van der Waals surface area contributed by atoms with Gasteiger partial charge in [0.25, 0.3) is 0 Å². The Morgan fingerprint density at radius 1 is 1.00 bits per heavy atom. The van der Waals surface area contributed by atoms with E-state index in [1.807, 2.05) is 0 Å². The largest absolute Gasteiger partial charge is 0.310 e. The van der Waals surface area contributed by atoms with E-state index in [2.05, 4.69) is 70.8 Å². The Labute approximate surface area is 123 Å². The van der Waals surface area contributed by atoms with Crippen molar-refractivity contribution in [2.24, 2.45) is 5.92 Å². The molecule has 0 fully saturated rings. The first kappa shape index (κ1) is 16.6. The Morgan fingerprint density at radius 2 is 1.63 bits per heavy atom. The summed E-state index contributed by atoms with van der Waals surface area (Å²) in [4.78, 5) is 0. The van der Waals surface area contributed by atoms with Gasteiger partial charge in [-0.2, -0.15) is 11.8 Å². The molecule has 0 amide bonds. The highest BCUT2D eigenvalue weighted by Crippen LogP contribution is 2.25. The molecule has 1 unspecified atom stereocenters. The van der Waals surface area contributed by atoms with Crippen molar-refractivity contribution < 1.29 is 0 Å². The maximum atomic E-state index is 3.64. The van der Waals surface area contributed by atoms with Crippen molar-refractivity contribution in [2.45, 2.75) is 47.6 Å². The third-order valence-corrected chi connectivity index (χ3v) is 4.92. The van der Waals surface area contributed by atoms with Crippen LogP contribution in [0.2, 0.25) is 0 Å². The molecule has 1 aromatic rings. The summed E-state index contributed by atoms with van der Waals surface area (Å²) in [7, 11) is 0. The molecule has 1 aromatic carbocycles. The van der Waals surface area contributed by atoms with Gasteiger partial charge in [-0.25, -0.2) is 0 Å². The van der Waals surface area contributed by atoms with E-state index in [0.717, 1.165) is 18.2 Å². The predicted molar refractivity (Wildman–Crippen MR) is 89.2 cm³/mol. The van der Waals surface area contributed by atoms with E-state index < -0.39 is 0 Å². The fourth-order valence-corrected chi connectivity index (χ4v) is 3.43. The van der Waals surface area contributed by atoms with E-state index >= 15 is 0 Å². The number of rotatable bonds is 7. The molecule has 19 heavy (non-hydrogen) atoms. The normalized spacial score (nSPS) is 13.0. The smallest absolute Gasteiger partial charge is 0.0414 e. The summed E-state index contributed by atoms with van der Waals surface area (Å²) in [5.74, 6) is 3.18. The van der Waals surface area contributed by atoms with Crippen LogP contribution in [0.15, 0.2) is 12.1 Å². The minimum atomic E-state index is 0.480. The molecular weight excluding hydrogens is 250 g/mol. The van der Waals surface area contributed by atoms with Crippen molar-refractivity contribution >= 4 is 11.8 Å². The van der Waals surface area contributed by atoms with Gasteiger partial charge in [-0.15, -0.1) is 0 Å². The number of thioether (sulfide) groups is 1. The Hall–Kier alpha value is -0.470. The van der Waals surface area contributed by atoms with Crippen LogP contribution in [0.5, 0.6) is 0 Å². The molecule has 0 spiro atoms. The van der Waals surface area contributed by atoms with Gasteiger partial charge in [-0.3, -0.25) is 0 Å². The maximum Gasteiger partial charge on any atom is 0.0414 e. The lowest BCUT2D eigenvalue weighted by Gasteiger charge is -2.22. The van der Waals surface area contributed by atoms with Gasteiger partial charge in [0.05, 0.1) is 0 Å². The van der Waals surface area contributed by atoms with Crippen LogP contribution in [0.25, 0.3) is 0 Å². The van der Waals surface area contributed by atoms with Gasteiger partial charge in [0.15, 0.2) is 0 Å². The van der Waals surface area contributed by atoms with Crippen molar-refractivity contribution in [2.75, 3.05) is 18.1 Å². The van der Waals surface area contributed by atoms with Crippen molar-refractivity contribution in [3.05, 3.63) is 34.4 Å². The first-order valence-electron chi connectivity index (χ1n) is 7.34. The Morgan fingerprint density at radius 3 is 2.21 bits per heavy atom. The molecule has 1 nitrogen and oxygen atoms in total. The Kier molecular flexibility index (Phi) is 6.95. The lowest BCUT2D eigenvalue weighted by molar-refractivity contribution is 0.601. The second-order valence-electron chi connectivity index (χ2n) is 5.83. The summed E-state index contributed by atoms with van der Waals surface area (Å²) in [5, 5.41) is 3.64. The molecule has 1 atom stereocenters. The van der Waals surface area contributed by atoms with Gasteiger partial charge in [-0.1, -0.05) is 32.9 Å². The zero-order chi connectivity index (χ0) is 14.4. The van der Waals surface area contributed by atoms with Gasteiger partial charge < -0.3 is 5.32 Å². The third kappa shape index (κ3) is 5.19. The zero-order valence-corrected chi connectivity index (χ0v) is 14.2. The number of nitrogens with one attached hydrogen (secondary N) is 1. The molecule has 1 N–H and O–H groups in total. The van der Waals surface area contributed by atoms with E-state index in [-0.39, 0.29) is 0 Å². The number of benzene rings is 1. The highest BCUT2D eigenvalue weighted by Gasteiger charge is 2.14. The van der Waals surface area contributed by atoms with E-state index in [9.17, 15) is 0 Å². The average molecular weight is 279 g/mol. The van der Waals surface area contributed by atoms with Crippen LogP contribution in [-0.2, 0) is 0 Å². The molecule has 0 aliphatic carbocycles. The lowest BCUT2D eigenvalue weighted by atomic mass is 9.96. The SMILES string of the molecule is CCNC(CSCC(C)C)c1cc(C)c(C)cc1C.